The van der Waals surface area contributed by atoms with Crippen LogP contribution in [-0.4, -0.2) is 23.0 Å². The van der Waals surface area contributed by atoms with Crippen LogP contribution in [0.2, 0.25) is 0 Å². The van der Waals surface area contributed by atoms with Crippen LogP contribution in [-0.2, 0) is 6.18 Å². The second-order valence-corrected chi connectivity index (χ2v) is 7.11. The average molecular weight is 409 g/mol. The van der Waals surface area contributed by atoms with Gasteiger partial charge in [-0.25, -0.2) is 4.98 Å². The van der Waals surface area contributed by atoms with Crippen LogP contribution < -0.4 is 9.64 Å². The van der Waals surface area contributed by atoms with E-state index in [1.54, 1.807) is 6.07 Å². The molecule has 29 heavy (non-hydrogen) atoms. The average Bonchev–Trinajstić information content (AvgIpc) is 2.68. The van der Waals surface area contributed by atoms with Gasteiger partial charge in [0.2, 0.25) is 5.88 Å². The van der Waals surface area contributed by atoms with Gasteiger partial charge in [-0.1, -0.05) is 19.8 Å². The van der Waals surface area contributed by atoms with E-state index in [0.29, 0.717) is 30.9 Å². The Morgan fingerprint density at radius 1 is 1.24 bits per heavy atom. The number of benzene rings is 1. The molecule has 0 bridgehead atoms. The number of alkyl halides is 3. The molecule has 2 heterocycles. The van der Waals surface area contributed by atoms with E-state index >= 15 is 0 Å². The highest BCUT2D eigenvalue weighted by atomic mass is 19.4. The first-order chi connectivity index (χ1) is 13.8. The molecule has 6 nitrogen and oxygen atoms in total. The van der Waals surface area contributed by atoms with Gasteiger partial charge in [-0.05, 0) is 30.9 Å². The molecule has 1 fully saturated rings. The summed E-state index contributed by atoms with van der Waals surface area (Å²) in [7, 11) is 0. The van der Waals surface area contributed by atoms with Crippen molar-refractivity contribution in [3.05, 3.63) is 52.2 Å². The first-order valence-corrected chi connectivity index (χ1v) is 9.52. The molecule has 1 aliphatic heterocycles. The van der Waals surface area contributed by atoms with Crippen molar-refractivity contribution in [2.24, 2.45) is 5.92 Å². The van der Waals surface area contributed by atoms with Gasteiger partial charge in [0.05, 0.1) is 10.5 Å². The van der Waals surface area contributed by atoms with Crippen molar-refractivity contribution in [1.29, 1.82) is 0 Å². The third-order valence-corrected chi connectivity index (χ3v) is 5.08. The van der Waals surface area contributed by atoms with Crippen LogP contribution in [0.1, 0.15) is 38.2 Å². The molecule has 0 amide bonds. The van der Waals surface area contributed by atoms with Crippen molar-refractivity contribution in [3.8, 4) is 11.6 Å². The van der Waals surface area contributed by atoms with Gasteiger partial charge in [0.15, 0.2) is 0 Å². The summed E-state index contributed by atoms with van der Waals surface area (Å²) in [4.78, 5) is 16.7. The summed E-state index contributed by atoms with van der Waals surface area (Å²) >= 11 is 0. The number of hydrogen-bond donors (Lipinski definition) is 0. The number of rotatable bonds is 6. The number of nitrogens with zero attached hydrogens (tertiary/aromatic N) is 3. The second-order valence-electron chi connectivity index (χ2n) is 7.11. The van der Waals surface area contributed by atoms with Gasteiger partial charge in [-0.15, -0.1) is 0 Å². The first kappa shape index (κ1) is 20.9. The zero-order valence-corrected chi connectivity index (χ0v) is 16.0. The van der Waals surface area contributed by atoms with Crippen molar-refractivity contribution in [1.82, 2.24) is 4.98 Å². The number of anilines is 1. The fourth-order valence-electron chi connectivity index (χ4n) is 3.57. The van der Waals surface area contributed by atoms with Gasteiger partial charge >= 0.3 is 6.18 Å². The topological polar surface area (TPSA) is 68.5 Å². The van der Waals surface area contributed by atoms with Crippen LogP contribution in [0.5, 0.6) is 11.6 Å². The van der Waals surface area contributed by atoms with E-state index in [9.17, 15) is 23.3 Å². The Morgan fingerprint density at radius 2 is 1.97 bits per heavy atom. The van der Waals surface area contributed by atoms with Gasteiger partial charge in [0.25, 0.3) is 5.69 Å². The minimum atomic E-state index is -4.48. The fourth-order valence-corrected chi connectivity index (χ4v) is 3.57. The van der Waals surface area contributed by atoms with Crippen molar-refractivity contribution in [2.75, 3.05) is 18.0 Å². The lowest BCUT2D eigenvalue weighted by Gasteiger charge is -2.33. The van der Waals surface area contributed by atoms with E-state index in [4.69, 9.17) is 4.74 Å². The van der Waals surface area contributed by atoms with Crippen molar-refractivity contribution >= 4 is 11.4 Å². The monoisotopic (exact) mass is 409 g/mol. The number of halogens is 3. The highest BCUT2D eigenvalue weighted by molar-refractivity contribution is 5.66. The molecule has 1 aromatic carbocycles. The third-order valence-electron chi connectivity index (χ3n) is 5.08. The van der Waals surface area contributed by atoms with E-state index in [0.717, 1.165) is 37.8 Å². The summed E-state index contributed by atoms with van der Waals surface area (Å²) in [5, 5.41) is 11.5. The molecule has 0 atom stereocenters. The minimum absolute atomic E-state index is 0.0144. The summed E-state index contributed by atoms with van der Waals surface area (Å²) in [6.45, 7) is 3.58. The van der Waals surface area contributed by atoms with Gasteiger partial charge < -0.3 is 9.64 Å². The number of nitro benzene ring substituents is 1. The lowest BCUT2D eigenvalue weighted by atomic mass is 9.92. The van der Waals surface area contributed by atoms with Gasteiger partial charge in [-0.3, -0.25) is 10.1 Å². The van der Waals surface area contributed by atoms with Gasteiger partial charge in [0, 0.05) is 37.5 Å². The number of hydrogen-bond acceptors (Lipinski definition) is 5. The number of pyridine rings is 1. The van der Waals surface area contributed by atoms with Crippen molar-refractivity contribution in [2.45, 2.75) is 38.8 Å². The molecule has 9 heteroatoms. The summed E-state index contributed by atoms with van der Waals surface area (Å²) in [6, 6.07) is 6.34. The maximum Gasteiger partial charge on any atom is 0.417 e. The Hall–Kier alpha value is -2.84. The number of ether oxygens (including phenoxy) is 1. The van der Waals surface area contributed by atoms with Crippen LogP contribution >= 0.6 is 0 Å². The highest BCUT2D eigenvalue weighted by Crippen LogP contribution is 2.37. The van der Waals surface area contributed by atoms with Crippen LogP contribution in [0.4, 0.5) is 24.5 Å². The molecule has 0 spiro atoms. The van der Waals surface area contributed by atoms with E-state index in [1.165, 1.54) is 12.1 Å². The van der Waals surface area contributed by atoms with Gasteiger partial charge in [-0.2, -0.15) is 13.2 Å². The van der Waals surface area contributed by atoms with Crippen LogP contribution in [0.25, 0.3) is 0 Å². The summed E-state index contributed by atoms with van der Waals surface area (Å²) in [6.07, 6.45) is 0.427. The Bertz CT molecular complexity index is 848. The lowest BCUT2D eigenvalue weighted by molar-refractivity contribution is -0.384. The Balaban J connectivity index is 1.79. The molecule has 0 radical (unpaired) electrons. The quantitative estimate of drug-likeness (QED) is 0.444. The molecule has 3 rings (SSSR count). The highest BCUT2D eigenvalue weighted by Gasteiger charge is 2.31. The lowest BCUT2D eigenvalue weighted by Crippen LogP contribution is -2.34. The standard InChI is InChI=1S/C20H22F3N3O3/c1-2-3-14-8-10-25(11-9-14)18-12-16(5-6-17(18)26(27)28)29-19-7-4-15(13-24-19)20(21,22)23/h4-7,12-14H,2-3,8-11H2,1H3. The summed E-state index contributed by atoms with van der Waals surface area (Å²) in [5.41, 5.74) is -0.440. The number of piperidine rings is 1. The normalized spacial score (nSPS) is 15.4. The van der Waals surface area contributed by atoms with Crippen LogP contribution in [0.15, 0.2) is 36.5 Å². The Kier molecular flexibility index (Phi) is 6.24. The summed E-state index contributed by atoms with van der Waals surface area (Å²) < 4.78 is 43.5. The molecule has 1 saturated heterocycles. The molecular formula is C20H22F3N3O3. The molecule has 0 unspecified atom stereocenters. The Morgan fingerprint density at radius 3 is 2.52 bits per heavy atom. The molecule has 1 aromatic heterocycles. The maximum absolute atomic E-state index is 12.7. The smallest absolute Gasteiger partial charge is 0.417 e. The molecule has 0 N–H and O–H groups in total. The molecular weight excluding hydrogens is 387 g/mol. The zero-order valence-electron chi connectivity index (χ0n) is 16.0. The number of nitro groups is 1. The molecule has 0 aliphatic carbocycles. The maximum atomic E-state index is 12.7. The van der Waals surface area contributed by atoms with E-state index in [2.05, 4.69) is 11.9 Å². The molecule has 156 valence electrons. The minimum Gasteiger partial charge on any atom is -0.439 e. The number of aromatic nitrogens is 1. The molecule has 1 aliphatic rings. The predicted octanol–water partition coefficient (Wildman–Crippen LogP) is 5.82. The largest absolute Gasteiger partial charge is 0.439 e. The Labute approximate surface area is 166 Å². The van der Waals surface area contributed by atoms with E-state index < -0.39 is 16.7 Å². The first-order valence-electron chi connectivity index (χ1n) is 9.52. The van der Waals surface area contributed by atoms with Crippen molar-refractivity contribution < 1.29 is 22.8 Å². The second kappa shape index (κ2) is 8.67. The SMILES string of the molecule is CCCC1CCN(c2cc(Oc3ccc(C(F)(F)F)cn3)ccc2[N+](=O)[O-])CC1. The van der Waals surface area contributed by atoms with E-state index in [1.807, 2.05) is 4.90 Å². The van der Waals surface area contributed by atoms with Crippen LogP contribution in [0, 0.1) is 16.0 Å². The zero-order chi connectivity index (χ0) is 21.0. The van der Waals surface area contributed by atoms with Crippen LogP contribution in [0.3, 0.4) is 0 Å². The fraction of sp³-hybridized carbons (Fsp3) is 0.450. The summed E-state index contributed by atoms with van der Waals surface area (Å²) in [5.74, 6) is 0.902. The molecule has 2 aromatic rings. The van der Waals surface area contributed by atoms with E-state index in [-0.39, 0.29) is 17.3 Å². The van der Waals surface area contributed by atoms with Crippen molar-refractivity contribution in [3.63, 3.8) is 0 Å². The third kappa shape index (κ3) is 5.16. The predicted molar refractivity (Wildman–Crippen MR) is 102 cm³/mol. The van der Waals surface area contributed by atoms with Gasteiger partial charge in [0.1, 0.15) is 11.4 Å². The molecule has 0 saturated carbocycles.